The van der Waals surface area contributed by atoms with Gasteiger partial charge < -0.3 is 0 Å². The molecule has 0 aromatic rings. The van der Waals surface area contributed by atoms with Crippen molar-refractivity contribution in [3.05, 3.63) is 47.6 Å². The van der Waals surface area contributed by atoms with Crippen LogP contribution in [0.2, 0.25) is 0 Å². The van der Waals surface area contributed by atoms with Gasteiger partial charge in [0.1, 0.15) is 0 Å². The molecule has 0 aromatic heterocycles. The zero-order chi connectivity index (χ0) is 13.2. The van der Waals surface area contributed by atoms with Crippen LogP contribution in [0.15, 0.2) is 47.6 Å². The van der Waals surface area contributed by atoms with Gasteiger partial charge in [-0.05, 0) is 31.3 Å². The number of rotatable bonds is 7. The summed E-state index contributed by atoms with van der Waals surface area (Å²) < 4.78 is 0. The lowest BCUT2D eigenvalue weighted by atomic mass is 9.88. The second-order valence-corrected chi connectivity index (χ2v) is 5.28. The molecule has 0 heterocycles. The van der Waals surface area contributed by atoms with Gasteiger partial charge in [-0.1, -0.05) is 81.6 Å². The Morgan fingerprint density at radius 2 is 1.67 bits per heavy atom. The topological polar surface area (TPSA) is 0 Å². The monoisotopic (exact) mass is 244 g/mol. The molecule has 1 unspecified atom stereocenters. The van der Waals surface area contributed by atoms with Gasteiger partial charge in [-0.3, -0.25) is 0 Å². The van der Waals surface area contributed by atoms with Crippen LogP contribution >= 0.6 is 0 Å². The Labute approximate surface area is 113 Å². The zero-order valence-electron chi connectivity index (χ0n) is 12.3. The Morgan fingerprint density at radius 3 is 2.39 bits per heavy atom. The van der Waals surface area contributed by atoms with Crippen molar-refractivity contribution in [2.75, 3.05) is 0 Å². The van der Waals surface area contributed by atoms with Crippen molar-refractivity contribution in [2.24, 2.45) is 5.92 Å². The molecule has 0 aliphatic heterocycles. The Kier molecular flexibility index (Phi) is 7.48. The molecule has 0 amide bonds. The van der Waals surface area contributed by atoms with E-state index >= 15 is 0 Å². The molecule has 0 saturated carbocycles. The number of hydrogen-bond acceptors (Lipinski definition) is 0. The van der Waals surface area contributed by atoms with E-state index in [1.807, 2.05) is 0 Å². The Bertz CT molecular complexity index is 339. The van der Waals surface area contributed by atoms with Crippen LogP contribution in [0.3, 0.4) is 0 Å². The van der Waals surface area contributed by atoms with Gasteiger partial charge in [0.25, 0.3) is 0 Å². The lowest BCUT2D eigenvalue weighted by Gasteiger charge is -2.17. The summed E-state index contributed by atoms with van der Waals surface area (Å²) >= 11 is 0. The molecule has 1 atom stereocenters. The smallest absolute Gasteiger partial charge is 0.0162 e. The quantitative estimate of drug-likeness (QED) is 0.483. The van der Waals surface area contributed by atoms with Crippen molar-refractivity contribution in [3.63, 3.8) is 0 Å². The van der Waals surface area contributed by atoms with Gasteiger partial charge in [0.15, 0.2) is 0 Å². The SMILES string of the molecule is CCCCCC(CCC)C1=CC=CC(C)=CC=C1. The predicted molar refractivity (Wildman–Crippen MR) is 82.7 cm³/mol. The van der Waals surface area contributed by atoms with Crippen LogP contribution in [0.4, 0.5) is 0 Å². The van der Waals surface area contributed by atoms with Gasteiger partial charge in [0, 0.05) is 0 Å². The third kappa shape index (κ3) is 5.53. The van der Waals surface area contributed by atoms with E-state index in [1.165, 1.54) is 49.7 Å². The van der Waals surface area contributed by atoms with E-state index in [4.69, 9.17) is 0 Å². The number of unbranched alkanes of at least 4 members (excludes halogenated alkanes) is 2. The lowest BCUT2D eigenvalue weighted by molar-refractivity contribution is 0.487. The Morgan fingerprint density at radius 1 is 0.889 bits per heavy atom. The van der Waals surface area contributed by atoms with Gasteiger partial charge in [0.05, 0.1) is 0 Å². The maximum atomic E-state index is 2.30. The molecule has 0 radical (unpaired) electrons. The van der Waals surface area contributed by atoms with Crippen molar-refractivity contribution >= 4 is 0 Å². The molecular formula is C18H28. The maximum absolute atomic E-state index is 2.30. The third-order valence-electron chi connectivity index (χ3n) is 3.56. The minimum atomic E-state index is 0.745. The van der Waals surface area contributed by atoms with Crippen LogP contribution in [-0.2, 0) is 0 Å². The molecule has 18 heavy (non-hydrogen) atoms. The van der Waals surface area contributed by atoms with E-state index in [-0.39, 0.29) is 0 Å². The summed E-state index contributed by atoms with van der Waals surface area (Å²) in [4.78, 5) is 0. The summed E-state index contributed by atoms with van der Waals surface area (Å²) in [6.07, 6.45) is 21.4. The van der Waals surface area contributed by atoms with Crippen LogP contribution in [0.5, 0.6) is 0 Å². The predicted octanol–water partition coefficient (Wildman–Crippen LogP) is 5.98. The maximum Gasteiger partial charge on any atom is -0.0162 e. The summed E-state index contributed by atoms with van der Waals surface area (Å²) in [6, 6.07) is 0. The molecule has 0 spiro atoms. The van der Waals surface area contributed by atoms with E-state index in [0.29, 0.717) is 0 Å². The van der Waals surface area contributed by atoms with E-state index in [1.54, 1.807) is 0 Å². The van der Waals surface area contributed by atoms with Crippen LogP contribution in [0.1, 0.15) is 59.3 Å². The lowest BCUT2D eigenvalue weighted by Crippen LogP contribution is -2.03. The highest BCUT2D eigenvalue weighted by Crippen LogP contribution is 2.25. The Hall–Kier alpha value is -1.04. The fourth-order valence-corrected chi connectivity index (χ4v) is 2.47. The molecule has 1 aliphatic rings. The molecule has 0 nitrogen and oxygen atoms in total. The largest absolute Gasteiger partial charge is 0.0654 e. The van der Waals surface area contributed by atoms with E-state index in [9.17, 15) is 0 Å². The standard InChI is InChI=1S/C18H28/c1-4-6-7-13-17(10-5-2)18-14-8-11-16(3)12-9-15-18/h8-9,11-12,14-15,17H,4-7,10,13H2,1-3H3. The third-order valence-corrected chi connectivity index (χ3v) is 3.56. The molecule has 0 heteroatoms. The molecule has 1 rings (SSSR count). The van der Waals surface area contributed by atoms with Gasteiger partial charge in [-0.2, -0.15) is 0 Å². The van der Waals surface area contributed by atoms with Crippen LogP contribution < -0.4 is 0 Å². The fourth-order valence-electron chi connectivity index (χ4n) is 2.47. The summed E-state index contributed by atoms with van der Waals surface area (Å²) in [6.45, 7) is 6.71. The van der Waals surface area contributed by atoms with Gasteiger partial charge >= 0.3 is 0 Å². The second kappa shape index (κ2) is 8.97. The summed E-state index contributed by atoms with van der Waals surface area (Å²) in [7, 11) is 0. The van der Waals surface area contributed by atoms with Crippen LogP contribution in [-0.4, -0.2) is 0 Å². The first-order valence-electron chi connectivity index (χ1n) is 7.51. The first-order chi connectivity index (χ1) is 8.77. The highest BCUT2D eigenvalue weighted by Gasteiger charge is 2.10. The molecule has 100 valence electrons. The minimum Gasteiger partial charge on any atom is -0.0654 e. The highest BCUT2D eigenvalue weighted by atomic mass is 14.2. The van der Waals surface area contributed by atoms with Gasteiger partial charge in [-0.15, -0.1) is 0 Å². The first kappa shape index (κ1) is 15.0. The summed E-state index contributed by atoms with van der Waals surface area (Å²) in [5, 5.41) is 0. The van der Waals surface area contributed by atoms with E-state index in [0.717, 1.165) is 5.92 Å². The van der Waals surface area contributed by atoms with Crippen molar-refractivity contribution in [1.29, 1.82) is 0 Å². The average molecular weight is 244 g/mol. The Balaban J connectivity index is 2.66. The first-order valence-corrected chi connectivity index (χ1v) is 7.51. The van der Waals surface area contributed by atoms with Crippen molar-refractivity contribution in [2.45, 2.75) is 59.3 Å². The summed E-state index contributed by atoms with van der Waals surface area (Å²) in [5.41, 5.74) is 2.83. The zero-order valence-corrected chi connectivity index (χ0v) is 12.3. The average Bonchev–Trinajstić information content (AvgIpc) is 2.33. The molecule has 0 aromatic carbocycles. The van der Waals surface area contributed by atoms with E-state index in [2.05, 4.69) is 57.2 Å². The molecule has 0 fully saturated rings. The number of allylic oxidation sites excluding steroid dienone is 8. The minimum absolute atomic E-state index is 0.745. The number of hydrogen-bond donors (Lipinski definition) is 0. The van der Waals surface area contributed by atoms with Crippen LogP contribution in [0.25, 0.3) is 0 Å². The van der Waals surface area contributed by atoms with Crippen molar-refractivity contribution < 1.29 is 0 Å². The molecule has 0 N–H and O–H groups in total. The molecule has 0 saturated heterocycles. The highest BCUT2D eigenvalue weighted by molar-refractivity contribution is 5.35. The normalized spacial score (nSPS) is 16.8. The van der Waals surface area contributed by atoms with Gasteiger partial charge in [0.2, 0.25) is 0 Å². The van der Waals surface area contributed by atoms with Crippen molar-refractivity contribution in [3.8, 4) is 0 Å². The second-order valence-electron chi connectivity index (χ2n) is 5.28. The van der Waals surface area contributed by atoms with Gasteiger partial charge in [-0.25, -0.2) is 0 Å². The van der Waals surface area contributed by atoms with E-state index < -0.39 is 0 Å². The molecule has 1 aliphatic carbocycles. The van der Waals surface area contributed by atoms with Crippen LogP contribution in [0, 0.1) is 5.92 Å². The van der Waals surface area contributed by atoms with Crippen molar-refractivity contribution in [1.82, 2.24) is 0 Å². The molecule has 0 bridgehead atoms. The molecular weight excluding hydrogens is 216 g/mol. The fraction of sp³-hybridized carbons (Fsp3) is 0.556. The summed E-state index contributed by atoms with van der Waals surface area (Å²) in [5.74, 6) is 0.745.